The molecule has 0 atom stereocenters. The second-order valence-corrected chi connectivity index (χ2v) is 6.21. The number of hydrogen-bond acceptors (Lipinski definition) is 2. The number of fused-ring (bicyclic) bond motifs is 1. The molecule has 2 N–H and O–H groups in total. The van der Waals surface area contributed by atoms with Crippen molar-refractivity contribution in [2.24, 2.45) is 0 Å². The van der Waals surface area contributed by atoms with Gasteiger partial charge >= 0.3 is 0 Å². The topological polar surface area (TPSA) is 41.1 Å². The van der Waals surface area contributed by atoms with Crippen LogP contribution in [-0.4, -0.2) is 5.91 Å². The van der Waals surface area contributed by atoms with E-state index in [2.05, 4.69) is 44.8 Å². The summed E-state index contributed by atoms with van der Waals surface area (Å²) in [6.07, 6.45) is 0.409. The molecule has 0 aromatic heterocycles. The first-order chi connectivity index (χ1) is 10.2. The van der Waals surface area contributed by atoms with E-state index in [4.69, 9.17) is 0 Å². The number of rotatable bonds is 4. The molecule has 0 spiro atoms. The summed E-state index contributed by atoms with van der Waals surface area (Å²) in [4.78, 5) is 12.0. The van der Waals surface area contributed by atoms with Crippen molar-refractivity contribution in [3.8, 4) is 0 Å². The molecule has 0 aliphatic carbocycles. The molecular formula is C17H17BrN2O. The van der Waals surface area contributed by atoms with Gasteiger partial charge in [0.2, 0.25) is 5.91 Å². The molecule has 108 valence electrons. The van der Waals surface area contributed by atoms with Crippen LogP contribution in [0.25, 0.3) is 0 Å². The van der Waals surface area contributed by atoms with Crippen molar-refractivity contribution in [1.29, 1.82) is 0 Å². The van der Waals surface area contributed by atoms with Gasteiger partial charge in [-0.05, 0) is 34.4 Å². The Labute approximate surface area is 132 Å². The summed E-state index contributed by atoms with van der Waals surface area (Å²) in [6, 6.07) is 14.2. The SMILES string of the molecule is O=C(Cc1cccc(Br)c1)NCc1ccc2c(c1)CNC2. The van der Waals surface area contributed by atoms with Crippen LogP contribution in [0.5, 0.6) is 0 Å². The van der Waals surface area contributed by atoms with Crippen LogP contribution in [0.2, 0.25) is 0 Å². The molecule has 21 heavy (non-hydrogen) atoms. The minimum absolute atomic E-state index is 0.0479. The summed E-state index contributed by atoms with van der Waals surface area (Å²) < 4.78 is 0.999. The third-order valence-electron chi connectivity index (χ3n) is 3.64. The Bertz CT molecular complexity index is 670. The Morgan fingerprint density at radius 1 is 1.10 bits per heavy atom. The Morgan fingerprint density at radius 3 is 2.81 bits per heavy atom. The first-order valence-electron chi connectivity index (χ1n) is 7.03. The highest BCUT2D eigenvalue weighted by atomic mass is 79.9. The zero-order chi connectivity index (χ0) is 14.7. The van der Waals surface area contributed by atoms with Gasteiger partial charge in [0.25, 0.3) is 0 Å². The molecule has 0 saturated carbocycles. The van der Waals surface area contributed by atoms with E-state index >= 15 is 0 Å². The van der Waals surface area contributed by atoms with Gasteiger partial charge in [-0.25, -0.2) is 0 Å². The second kappa shape index (κ2) is 6.41. The van der Waals surface area contributed by atoms with Gasteiger partial charge in [-0.15, -0.1) is 0 Å². The monoisotopic (exact) mass is 344 g/mol. The van der Waals surface area contributed by atoms with Crippen LogP contribution in [-0.2, 0) is 30.8 Å². The van der Waals surface area contributed by atoms with Gasteiger partial charge in [0.05, 0.1) is 6.42 Å². The molecule has 1 aliphatic heterocycles. The van der Waals surface area contributed by atoms with E-state index in [1.54, 1.807) is 0 Å². The molecular weight excluding hydrogens is 328 g/mol. The number of carbonyl (C=O) groups excluding carboxylic acids is 1. The lowest BCUT2D eigenvalue weighted by Crippen LogP contribution is -2.24. The van der Waals surface area contributed by atoms with Gasteiger partial charge in [0.15, 0.2) is 0 Å². The zero-order valence-electron chi connectivity index (χ0n) is 11.7. The molecule has 0 saturated heterocycles. The van der Waals surface area contributed by atoms with Crippen molar-refractivity contribution in [2.75, 3.05) is 0 Å². The van der Waals surface area contributed by atoms with E-state index in [1.165, 1.54) is 11.1 Å². The summed E-state index contributed by atoms with van der Waals surface area (Å²) in [5.74, 6) is 0.0479. The normalized spacial score (nSPS) is 13.0. The summed E-state index contributed by atoms with van der Waals surface area (Å²) in [5.41, 5.74) is 4.87. The van der Waals surface area contributed by atoms with Crippen LogP contribution in [0.4, 0.5) is 0 Å². The molecule has 1 heterocycles. The Balaban J connectivity index is 1.56. The smallest absolute Gasteiger partial charge is 0.224 e. The number of benzene rings is 2. The lowest BCUT2D eigenvalue weighted by atomic mass is 10.1. The maximum Gasteiger partial charge on any atom is 0.224 e. The Hall–Kier alpha value is -1.65. The minimum Gasteiger partial charge on any atom is -0.352 e. The van der Waals surface area contributed by atoms with Crippen LogP contribution >= 0.6 is 15.9 Å². The van der Waals surface area contributed by atoms with Crippen LogP contribution in [0.1, 0.15) is 22.3 Å². The standard InChI is InChI=1S/C17H17BrN2O/c18-16-3-1-2-12(7-16)8-17(21)20-9-13-4-5-14-10-19-11-15(14)6-13/h1-7,19H,8-11H2,(H,20,21). The van der Waals surface area contributed by atoms with E-state index in [9.17, 15) is 4.79 Å². The fourth-order valence-electron chi connectivity index (χ4n) is 2.55. The number of halogens is 1. The van der Waals surface area contributed by atoms with E-state index in [-0.39, 0.29) is 5.91 Å². The van der Waals surface area contributed by atoms with Crippen molar-refractivity contribution in [1.82, 2.24) is 10.6 Å². The van der Waals surface area contributed by atoms with Crippen molar-refractivity contribution >= 4 is 21.8 Å². The second-order valence-electron chi connectivity index (χ2n) is 5.29. The summed E-state index contributed by atoms with van der Waals surface area (Å²) in [6.45, 7) is 2.46. The Kier molecular flexibility index (Phi) is 4.36. The quantitative estimate of drug-likeness (QED) is 0.895. The average Bonchev–Trinajstić information content (AvgIpc) is 2.92. The highest BCUT2D eigenvalue weighted by Crippen LogP contribution is 2.17. The number of carbonyl (C=O) groups is 1. The zero-order valence-corrected chi connectivity index (χ0v) is 13.2. The molecule has 0 radical (unpaired) electrons. The third kappa shape index (κ3) is 3.71. The van der Waals surface area contributed by atoms with Gasteiger partial charge in [0.1, 0.15) is 0 Å². The van der Waals surface area contributed by atoms with Crippen molar-refractivity contribution in [3.05, 3.63) is 69.2 Å². The summed E-state index contributed by atoms with van der Waals surface area (Å²) >= 11 is 3.42. The maximum atomic E-state index is 12.0. The predicted octanol–water partition coefficient (Wildman–Crippen LogP) is 2.91. The van der Waals surface area contributed by atoms with Crippen molar-refractivity contribution in [3.63, 3.8) is 0 Å². The maximum absolute atomic E-state index is 12.0. The van der Waals surface area contributed by atoms with E-state index in [1.807, 2.05) is 24.3 Å². The van der Waals surface area contributed by atoms with E-state index in [0.717, 1.165) is 28.7 Å². The van der Waals surface area contributed by atoms with Crippen molar-refractivity contribution < 1.29 is 4.79 Å². The van der Waals surface area contributed by atoms with Gasteiger partial charge in [-0.3, -0.25) is 4.79 Å². The summed E-state index contributed by atoms with van der Waals surface area (Å²) in [7, 11) is 0. The largest absolute Gasteiger partial charge is 0.352 e. The van der Waals surface area contributed by atoms with E-state index in [0.29, 0.717) is 13.0 Å². The molecule has 1 amide bonds. The first-order valence-corrected chi connectivity index (χ1v) is 7.82. The van der Waals surface area contributed by atoms with Crippen LogP contribution in [0.3, 0.4) is 0 Å². The Morgan fingerprint density at radius 2 is 1.95 bits per heavy atom. The number of amides is 1. The van der Waals surface area contributed by atoms with Gasteiger partial charge in [0, 0.05) is 24.1 Å². The average molecular weight is 345 g/mol. The molecule has 0 fully saturated rings. The molecule has 2 aromatic rings. The fourth-order valence-corrected chi connectivity index (χ4v) is 3.00. The molecule has 3 rings (SSSR count). The van der Waals surface area contributed by atoms with Gasteiger partial charge < -0.3 is 10.6 Å². The lowest BCUT2D eigenvalue weighted by molar-refractivity contribution is -0.120. The van der Waals surface area contributed by atoms with Gasteiger partial charge in [-0.2, -0.15) is 0 Å². The molecule has 3 nitrogen and oxygen atoms in total. The van der Waals surface area contributed by atoms with Crippen LogP contribution < -0.4 is 10.6 Å². The lowest BCUT2D eigenvalue weighted by Gasteiger charge is -2.07. The molecule has 4 heteroatoms. The third-order valence-corrected chi connectivity index (χ3v) is 4.14. The van der Waals surface area contributed by atoms with Gasteiger partial charge in [-0.1, -0.05) is 46.3 Å². The highest BCUT2D eigenvalue weighted by molar-refractivity contribution is 9.10. The number of hydrogen-bond donors (Lipinski definition) is 2. The number of nitrogens with one attached hydrogen (secondary N) is 2. The van der Waals surface area contributed by atoms with E-state index < -0.39 is 0 Å². The predicted molar refractivity (Wildman–Crippen MR) is 86.7 cm³/mol. The molecule has 0 bridgehead atoms. The summed E-state index contributed by atoms with van der Waals surface area (Å²) in [5, 5.41) is 6.31. The molecule has 2 aromatic carbocycles. The molecule has 0 unspecified atom stereocenters. The first kappa shape index (κ1) is 14.3. The van der Waals surface area contributed by atoms with Crippen LogP contribution in [0.15, 0.2) is 46.9 Å². The van der Waals surface area contributed by atoms with Crippen LogP contribution in [0, 0.1) is 0 Å². The molecule has 1 aliphatic rings. The minimum atomic E-state index is 0.0479. The fraction of sp³-hybridized carbons (Fsp3) is 0.235. The van der Waals surface area contributed by atoms with Crippen molar-refractivity contribution in [2.45, 2.75) is 26.1 Å². The highest BCUT2D eigenvalue weighted by Gasteiger charge is 2.10.